The highest BCUT2D eigenvalue weighted by molar-refractivity contribution is 7.90. The van der Waals surface area contributed by atoms with E-state index in [1.165, 1.54) is 6.07 Å². The topological polar surface area (TPSA) is 72.6 Å². The Morgan fingerprint density at radius 1 is 1.38 bits per heavy atom. The van der Waals surface area contributed by atoms with Crippen LogP contribution < -0.4 is 15.4 Å². The quantitative estimate of drug-likeness (QED) is 0.883. The van der Waals surface area contributed by atoms with Crippen molar-refractivity contribution in [1.29, 1.82) is 0 Å². The predicted molar refractivity (Wildman–Crippen MR) is 81.0 cm³/mol. The summed E-state index contributed by atoms with van der Waals surface area (Å²) >= 11 is 0. The van der Waals surface area contributed by atoms with Crippen LogP contribution in [-0.2, 0) is 9.84 Å². The molecule has 1 heterocycles. The molecule has 0 saturated carbocycles. The second kappa shape index (κ2) is 6.62. The van der Waals surface area contributed by atoms with Crippen molar-refractivity contribution in [1.82, 2.24) is 0 Å². The van der Waals surface area contributed by atoms with Gasteiger partial charge in [0, 0.05) is 31.5 Å². The van der Waals surface area contributed by atoms with Gasteiger partial charge in [-0.3, -0.25) is 0 Å². The Labute approximate surface area is 124 Å². The van der Waals surface area contributed by atoms with Crippen LogP contribution in [0.5, 0.6) is 5.75 Å². The minimum Gasteiger partial charge on any atom is -0.492 e. The molecule has 1 aromatic carbocycles. The summed E-state index contributed by atoms with van der Waals surface area (Å²) in [5, 5.41) is 0. The van der Waals surface area contributed by atoms with Gasteiger partial charge >= 0.3 is 0 Å². The summed E-state index contributed by atoms with van der Waals surface area (Å²) in [6.45, 7) is 1.51. The molecule has 118 valence electrons. The lowest BCUT2D eigenvalue weighted by Gasteiger charge is -2.32. The van der Waals surface area contributed by atoms with Gasteiger partial charge in [-0.25, -0.2) is 12.8 Å². The van der Waals surface area contributed by atoms with Crippen LogP contribution in [0.4, 0.5) is 10.1 Å². The summed E-state index contributed by atoms with van der Waals surface area (Å²) in [5.74, 6) is -0.101. The minimum absolute atomic E-state index is 0.0240. The molecule has 0 radical (unpaired) electrons. The third-order valence-electron chi connectivity index (χ3n) is 3.52. The zero-order chi connectivity index (χ0) is 15.5. The number of piperidine rings is 1. The molecular formula is C14H21FN2O3S. The zero-order valence-electron chi connectivity index (χ0n) is 12.1. The smallest absolute Gasteiger partial charge is 0.150 e. The van der Waals surface area contributed by atoms with Crippen molar-refractivity contribution in [3.05, 3.63) is 24.0 Å². The Bertz CT molecular complexity index is 584. The van der Waals surface area contributed by atoms with E-state index in [-0.39, 0.29) is 24.2 Å². The summed E-state index contributed by atoms with van der Waals surface area (Å²) in [6.07, 6.45) is 2.85. The van der Waals surface area contributed by atoms with Gasteiger partial charge in [-0.05, 0) is 25.0 Å². The molecule has 0 unspecified atom stereocenters. The first-order valence-electron chi connectivity index (χ1n) is 6.96. The lowest BCUT2D eigenvalue weighted by atomic mass is 10.1. The summed E-state index contributed by atoms with van der Waals surface area (Å²) in [5.41, 5.74) is 6.38. The van der Waals surface area contributed by atoms with Gasteiger partial charge in [-0.15, -0.1) is 0 Å². The largest absolute Gasteiger partial charge is 0.492 e. The van der Waals surface area contributed by atoms with E-state index in [1.807, 2.05) is 4.90 Å². The number of sulfone groups is 1. The predicted octanol–water partition coefficient (Wildman–Crippen LogP) is 1.18. The fourth-order valence-electron chi connectivity index (χ4n) is 2.29. The highest BCUT2D eigenvalue weighted by Gasteiger charge is 2.19. The van der Waals surface area contributed by atoms with Crippen LogP contribution in [0.2, 0.25) is 0 Å². The Kier molecular flexibility index (Phi) is 5.05. The monoisotopic (exact) mass is 316 g/mol. The van der Waals surface area contributed by atoms with Crippen molar-refractivity contribution in [2.45, 2.75) is 18.9 Å². The Hall–Kier alpha value is -1.34. The number of hydrogen-bond acceptors (Lipinski definition) is 5. The van der Waals surface area contributed by atoms with Gasteiger partial charge in [0.1, 0.15) is 18.2 Å². The van der Waals surface area contributed by atoms with Crippen LogP contribution in [0.1, 0.15) is 12.8 Å². The summed E-state index contributed by atoms with van der Waals surface area (Å²) in [7, 11) is -3.07. The minimum atomic E-state index is -3.07. The first-order chi connectivity index (χ1) is 9.85. The third-order valence-corrected chi connectivity index (χ3v) is 4.43. The van der Waals surface area contributed by atoms with E-state index in [1.54, 1.807) is 12.1 Å². The van der Waals surface area contributed by atoms with Crippen LogP contribution in [-0.4, -0.2) is 46.2 Å². The molecule has 1 aliphatic rings. The average Bonchev–Trinajstić information content (AvgIpc) is 2.39. The van der Waals surface area contributed by atoms with E-state index in [4.69, 9.17) is 10.5 Å². The molecule has 5 nitrogen and oxygen atoms in total. The van der Waals surface area contributed by atoms with Gasteiger partial charge in [-0.2, -0.15) is 0 Å². The fraction of sp³-hybridized carbons (Fsp3) is 0.571. The first-order valence-corrected chi connectivity index (χ1v) is 9.02. The Morgan fingerprint density at radius 3 is 2.62 bits per heavy atom. The number of rotatable bonds is 5. The molecule has 0 amide bonds. The van der Waals surface area contributed by atoms with Crippen LogP contribution in [0.3, 0.4) is 0 Å². The molecule has 0 spiro atoms. The maximum absolute atomic E-state index is 14.1. The second-order valence-corrected chi connectivity index (χ2v) is 7.68. The molecule has 1 aromatic rings. The molecule has 1 fully saturated rings. The number of ether oxygens (including phenoxy) is 1. The molecule has 2 rings (SSSR count). The highest BCUT2D eigenvalue weighted by Crippen LogP contribution is 2.26. The van der Waals surface area contributed by atoms with Crippen LogP contribution in [0.25, 0.3) is 0 Å². The lowest BCUT2D eigenvalue weighted by Crippen LogP contribution is -2.40. The van der Waals surface area contributed by atoms with E-state index in [2.05, 4.69) is 0 Å². The fourth-order valence-corrected chi connectivity index (χ4v) is 2.67. The Morgan fingerprint density at radius 2 is 2.05 bits per heavy atom. The van der Waals surface area contributed by atoms with Crippen molar-refractivity contribution in [2.24, 2.45) is 5.73 Å². The standard InChI is InChI=1S/C14H21FN2O3S/c1-21(18,19)9-8-20-12-2-3-14(13(15)10-12)17-6-4-11(16)5-7-17/h2-3,10-11H,4-9,16H2,1H3. The van der Waals surface area contributed by atoms with Gasteiger partial charge in [0.2, 0.25) is 0 Å². The zero-order valence-corrected chi connectivity index (χ0v) is 12.9. The number of halogens is 1. The second-order valence-electron chi connectivity index (χ2n) is 5.42. The molecule has 0 bridgehead atoms. The number of hydrogen-bond donors (Lipinski definition) is 1. The van der Waals surface area contributed by atoms with Crippen LogP contribution in [0, 0.1) is 5.82 Å². The van der Waals surface area contributed by atoms with E-state index >= 15 is 0 Å². The number of nitrogens with zero attached hydrogens (tertiary/aromatic N) is 1. The number of nitrogens with two attached hydrogens (primary N) is 1. The molecule has 1 aliphatic heterocycles. The van der Waals surface area contributed by atoms with E-state index in [0.717, 1.165) is 32.2 Å². The summed E-state index contributed by atoms with van der Waals surface area (Å²) in [6, 6.07) is 4.83. The van der Waals surface area contributed by atoms with Gasteiger partial charge in [-0.1, -0.05) is 0 Å². The summed E-state index contributed by atoms with van der Waals surface area (Å²) < 4.78 is 41.4. The molecule has 7 heteroatoms. The molecule has 1 saturated heterocycles. The Balaban J connectivity index is 1.97. The SMILES string of the molecule is CS(=O)(=O)CCOc1ccc(N2CCC(N)CC2)c(F)c1. The third kappa shape index (κ3) is 4.86. The molecular weight excluding hydrogens is 295 g/mol. The molecule has 0 aliphatic carbocycles. The normalized spacial score (nSPS) is 17.0. The van der Waals surface area contributed by atoms with E-state index < -0.39 is 9.84 Å². The molecule has 0 atom stereocenters. The summed E-state index contributed by atoms with van der Waals surface area (Å²) in [4.78, 5) is 1.97. The maximum Gasteiger partial charge on any atom is 0.150 e. The molecule has 2 N–H and O–H groups in total. The van der Waals surface area contributed by atoms with Crippen LogP contribution >= 0.6 is 0 Å². The van der Waals surface area contributed by atoms with Crippen LogP contribution in [0.15, 0.2) is 18.2 Å². The van der Waals surface area contributed by atoms with Crippen molar-refractivity contribution in [3.8, 4) is 5.75 Å². The first kappa shape index (κ1) is 16.0. The highest BCUT2D eigenvalue weighted by atomic mass is 32.2. The number of anilines is 1. The van der Waals surface area contributed by atoms with E-state index in [0.29, 0.717) is 11.4 Å². The number of benzene rings is 1. The van der Waals surface area contributed by atoms with E-state index in [9.17, 15) is 12.8 Å². The van der Waals surface area contributed by atoms with Gasteiger partial charge < -0.3 is 15.4 Å². The maximum atomic E-state index is 14.1. The lowest BCUT2D eigenvalue weighted by molar-refractivity contribution is 0.339. The van der Waals surface area contributed by atoms with Gasteiger partial charge in [0.05, 0.1) is 11.4 Å². The van der Waals surface area contributed by atoms with Crippen molar-refractivity contribution < 1.29 is 17.5 Å². The average molecular weight is 316 g/mol. The molecule has 0 aromatic heterocycles. The van der Waals surface area contributed by atoms with Crippen molar-refractivity contribution in [3.63, 3.8) is 0 Å². The van der Waals surface area contributed by atoms with Gasteiger partial charge in [0.25, 0.3) is 0 Å². The van der Waals surface area contributed by atoms with Gasteiger partial charge in [0.15, 0.2) is 9.84 Å². The van der Waals surface area contributed by atoms with Crippen molar-refractivity contribution >= 4 is 15.5 Å². The molecule has 21 heavy (non-hydrogen) atoms. The van der Waals surface area contributed by atoms with Crippen molar-refractivity contribution in [2.75, 3.05) is 36.6 Å².